The molecular formula is C15H11NO. The molecule has 0 atom stereocenters. The number of fused-ring (bicyclic) bond motifs is 1. The topological polar surface area (TPSA) is 32.9 Å². The molecule has 2 aromatic carbocycles. The lowest BCUT2D eigenvalue weighted by Gasteiger charge is -2.03. The maximum Gasteiger partial charge on any atom is 0.248 e. The van der Waals surface area contributed by atoms with E-state index in [1.54, 1.807) is 6.07 Å². The minimum Gasteiger partial charge on any atom is -0.322 e. The molecule has 0 aliphatic heterocycles. The molecule has 3 aromatic rings. The quantitative estimate of drug-likeness (QED) is 0.672. The molecule has 1 N–H and O–H groups in total. The molecule has 0 bridgehead atoms. The van der Waals surface area contributed by atoms with Gasteiger partial charge in [-0.15, -0.1) is 0 Å². The normalized spacial score (nSPS) is 10.6. The first-order valence-corrected chi connectivity index (χ1v) is 5.51. The summed E-state index contributed by atoms with van der Waals surface area (Å²) < 4.78 is 0. The number of aromatic nitrogens is 1. The average molecular weight is 221 g/mol. The van der Waals surface area contributed by atoms with Gasteiger partial charge in [0.25, 0.3) is 0 Å². The van der Waals surface area contributed by atoms with Crippen LogP contribution in [-0.4, -0.2) is 4.98 Å². The zero-order chi connectivity index (χ0) is 11.7. The third-order valence-electron chi connectivity index (χ3n) is 2.83. The number of nitrogens with one attached hydrogen (secondary N) is 1. The van der Waals surface area contributed by atoms with Gasteiger partial charge in [-0.2, -0.15) is 0 Å². The van der Waals surface area contributed by atoms with Crippen LogP contribution in [0.1, 0.15) is 0 Å². The molecule has 2 nitrogen and oxygen atoms in total. The minimum absolute atomic E-state index is 0.0735. The highest BCUT2D eigenvalue weighted by atomic mass is 16.1. The van der Waals surface area contributed by atoms with Crippen molar-refractivity contribution in [1.29, 1.82) is 0 Å². The molecule has 0 radical (unpaired) electrons. The Morgan fingerprint density at radius 2 is 1.59 bits per heavy atom. The summed E-state index contributed by atoms with van der Waals surface area (Å²) >= 11 is 0. The highest BCUT2D eigenvalue weighted by molar-refractivity contribution is 5.86. The van der Waals surface area contributed by atoms with Crippen molar-refractivity contribution in [3.05, 3.63) is 71.0 Å². The Balaban J connectivity index is 2.21. The van der Waals surface area contributed by atoms with Crippen molar-refractivity contribution in [1.82, 2.24) is 4.98 Å². The highest BCUT2D eigenvalue weighted by Gasteiger charge is 1.99. The van der Waals surface area contributed by atoms with Crippen LogP contribution in [-0.2, 0) is 0 Å². The summed E-state index contributed by atoms with van der Waals surface area (Å²) in [6.45, 7) is 0. The number of benzene rings is 2. The van der Waals surface area contributed by atoms with Gasteiger partial charge in [0.1, 0.15) is 0 Å². The van der Waals surface area contributed by atoms with E-state index in [-0.39, 0.29) is 5.56 Å². The van der Waals surface area contributed by atoms with Crippen LogP contribution < -0.4 is 5.56 Å². The summed E-state index contributed by atoms with van der Waals surface area (Å²) in [6, 6.07) is 19.5. The van der Waals surface area contributed by atoms with E-state index in [9.17, 15) is 4.79 Å². The number of hydrogen-bond acceptors (Lipinski definition) is 1. The van der Waals surface area contributed by atoms with Crippen LogP contribution in [0.5, 0.6) is 0 Å². The Hall–Kier alpha value is -2.35. The third-order valence-corrected chi connectivity index (χ3v) is 2.83. The molecule has 0 fully saturated rings. The van der Waals surface area contributed by atoms with Crippen molar-refractivity contribution in [2.24, 2.45) is 0 Å². The summed E-state index contributed by atoms with van der Waals surface area (Å²) in [5.74, 6) is 0. The third kappa shape index (κ3) is 1.85. The van der Waals surface area contributed by atoms with E-state index < -0.39 is 0 Å². The summed E-state index contributed by atoms with van der Waals surface area (Å²) in [5.41, 5.74) is 1.81. The van der Waals surface area contributed by atoms with Gasteiger partial charge in [-0.1, -0.05) is 42.5 Å². The largest absolute Gasteiger partial charge is 0.322 e. The van der Waals surface area contributed by atoms with Crippen LogP contribution in [0.3, 0.4) is 0 Å². The standard InChI is InChI=1S/C15H11NO/c17-15-7-3-6-14(16-15)13-9-8-11-4-1-2-5-12(11)10-13/h1-10H,(H,16,17). The lowest BCUT2D eigenvalue weighted by Crippen LogP contribution is -2.03. The van der Waals surface area contributed by atoms with Gasteiger partial charge in [-0.3, -0.25) is 4.79 Å². The molecule has 0 spiro atoms. The van der Waals surface area contributed by atoms with Gasteiger partial charge in [-0.25, -0.2) is 0 Å². The first-order valence-electron chi connectivity index (χ1n) is 5.51. The zero-order valence-electron chi connectivity index (χ0n) is 9.18. The fourth-order valence-corrected chi connectivity index (χ4v) is 1.97. The summed E-state index contributed by atoms with van der Waals surface area (Å²) in [6.07, 6.45) is 0. The molecule has 1 heterocycles. The number of hydrogen-bond donors (Lipinski definition) is 1. The van der Waals surface area contributed by atoms with Crippen LogP contribution in [0.25, 0.3) is 22.0 Å². The first kappa shape index (κ1) is 9.85. The minimum atomic E-state index is -0.0735. The molecule has 0 saturated heterocycles. The molecule has 0 amide bonds. The van der Waals surface area contributed by atoms with Crippen LogP contribution >= 0.6 is 0 Å². The van der Waals surface area contributed by atoms with Crippen molar-refractivity contribution in [2.45, 2.75) is 0 Å². The molecule has 17 heavy (non-hydrogen) atoms. The Morgan fingerprint density at radius 1 is 0.765 bits per heavy atom. The molecule has 3 rings (SSSR count). The maximum absolute atomic E-state index is 11.3. The van der Waals surface area contributed by atoms with Crippen LogP contribution in [0.4, 0.5) is 0 Å². The number of rotatable bonds is 1. The SMILES string of the molecule is O=c1cccc(-c2ccc3ccccc3c2)[nH]1. The fraction of sp³-hybridized carbons (Fsp3) is 0. The summed E-state index contributed by atoms with van der Waals surface area (Å²) in [4.78, 5) is 14.1. The van der Waals surface area contributed by atoms with Gasteiger partial charge in [-0.05, 0) is 28.5 Å². The molecule has 0 unspecified atom stereocenters. The molecule has 1 aromatic heterocycles. The number of aromatic amines is 1. The van der Waals surface area contributed by atoms with Crippen LogP contribution in [0, 0.1) is 0 Å². The maximum atomic E-state index is 11.3. The molecular weight excluding hydrogens is 210 g/mol. The number of H-pyrrole nitrogens is 1. The van der Waals surface area contributed by atoms with E-state index in [1.165, 1.54) is 16.8 Å². The van der Waals surface area contributed by atoms with Gasteiger partial charge < -0.3 is 4.98 Å². The van der Waals surface area contributed by atoms with E-state index in [4.69, 9.17) is 0 Å². The molecule has 2 heteroatoms. The van der Waals surface area contributed by atoms with Gasteiger partial charge in [0.05, 0.1) is 0 Å². The summed E-state index contributed by atoms with van der Waals surface area (Å²) in [7, 11) is 0. The van der Waals surface area contributed by atoms with E-state index in [1.807, 2.05) is 24.3 Å². The highest BCUT2D eigenvalue weighted by Crippen LogP contribution is 2.21. The molecule has 0 aliphatic rings. The fourth-order valence-electron chi connectivity index (χ4n) is 1.97. The predicted octanol–water partition coefficient (Wildman–Crippen LogP) is 3.20. The van der Waals surface area contributed by atoms with Crippen molar-refractivity contribution >= 4 is 10.8 Å². The monoisotopic (exact) mass is 221 g/mol. The van der Waals surface area contributed by atoms with Crippen molar-refractivity contribution in [2.75, 3.05) is 0 Å². The van der Waals surface area contributed by atoms with E-state index >= 15 is 0 Å². The zero-order valence-corrected chi connectivity index (χ0v) is 9.18. The van der Waals surface area contributed by atoms with Gasteiger partial charge in [0.2, 0.25) is 5.56 Å². The number of pyridine rings is 1. The second-order valence-corrected chi connectivity index (χ2v) is 3.99. The second kappa shape index (κ2) is 3.91. The van der Waals surface area contributed by atoms with E-state index in [2.05, 4.69) is 29.2 Å². The Kier molecular flexibility index (Phi) is 2.26. The Labute approximate surface area is 98.6 Å². The molecule has 0 saturated carbocycles. The van der Waals surface area contributed by atoms with Gasteiger partial charge in [0.15, 0.2) is 0 Å². The predicted molar refractivity (Wildman–Crippen MR) is 70.0 cm³/mol. The van der Waals surface area contributed by atoms with Gasteiger partial charge >= 0.3 is 0 Å². The Morgan fingerprint density at radius 3 is 2.41 bits per heavy atom. The van der Waals surface area contributed by atoms with Crippen molar-refractivity contribution in [3.8, 4) is 11.3 Å². The van der Waals surface area contributed by atoms with E-state index in [0.29, 0.717) is 0 Å². The lowest BCUT2D eigenvalue weighted by atomic mass is 10.0. The molecule has 82 valence electrons. The van der Waals surface area contributed by atoms with E-state index in [0.717, 1.165) is 11.3 Å². The van der Waals surface area contributed by atoms with Crippen molar-refractivity contribution < 1.29 is 0 Å². The van der Waals surface area contributed by atoms with Crippen molar-refractivity contribution in [3.63, 3.8) is 0 Å². The van der Waals surface area contributed by atoms with Gasteiger partial charge in [0, 0.05) is 11.8 Å². The Bertz CT molecular complexity index is 728. The second-order valence-electron chi connectivity index (χ2n) is 3.99. The first-order chi connectivity index (χ1) is 8.33. The van der Waals surface area contributed by atoms with Crippen LogP contribution in [0.2, 0.25) is 0 Å². The average Bonchev–Trinajstić information content (AvgIpc) is 2.38. The molecule has 0 aliphatic carbocycles. The summed E-state index contributed by atoms with van der Waals surface area (Å²) in [5, 5.41) is 2.38. The lowest BCUT2D eigenvalue weighted by molar-refractivity contribution is 1.24. The van der Waals surface area contributed by atoms with Crippen LogP contribution in [0.15, 0.2) is 65.5 Å². The smallest absolute Gasteiger partial charge is 0.248 e.